The fourth-order valence-electron chi connectivity index (χ4n) is 2.82. The number of amides is 2. The van der Waals surface area contributed by atoms with Gasteiger partial charge in [0.15, 0.2) is 5.13 Å². The van der Waals surface area contributed by atoms with Gasteiger partial charge in [-0.2, -0.15) is 4.98 Å². The normalized spacial score (nSPS) is 16.2. The molecule has 0 spiro atoms. The van der Waals surface area contributed by atoms with Crippen molar-refractivity contribution in [1.29, 1.82) is 0 Å². The van der Waals surface area contributed by atoms with Crippen molar-refractivity contribution in [3.8, 4) is 5.88 Å². The summed E-state index contributed by atoms with van der Waals surface area (Å²) >= 11 is 7.15. The first-order valence-electron chi connectivity index (χ1n) is 8.23. The predicted molar refractivity (Wildman–Crippen MR) is 102 cm³/mol. The van der Waals surface area contributed by atoms with Crippen molar-refractivity contribution < 1.29 is 14.3 Å². The highest BCUT2D eigenvalue weighted by Crippen LogP contribution is 2.25. The minimum atomic E-state index is -0.358. The molecule has 142 valence electrons. The van der Waals surface area contributed by atoms with Gasteiger partial charge in [-0.1, -0.05) is 18.2 Å². The summed E-state index contributed by atoms with van der Waals surface area (Å²) in [6, 6.07) is 0. The Morgan fingerprint density at radius 2 is 2.33 bits per heavy atom. The number of carbonyl (C=O) groups is 2. The van der Waals surface area contributed by atoms with Gasteiger partial charge >= 0.3 is 0 Å². The topological polar surface area (TPSA) is 97.3 Å². The smallest absolute Gasteiger partial charge is 0.273 e. The quantitative estimate of drug-likeness (QED) is 0.738. The lowest BCUT2D eigenvalue weighted by Gasteiger charge is -2.15. The highest BCUT2D eigenvalue weighted by molar-refractivity contribution is 7.14. The summed E-state index contributed by atoms with van der Waals surface area (Å²) < 4.78 is 5.11. The summed E-state index contributed by atoms with van der Waals surface area (Å²) in [4.78, 5) is 38.4. The van der Waals surface area contributed by atoms with Crippen molar-refractivity contribution in [2.75, 3.05) is 25.5 Å². The van der Waals surface area contributed by atoms with Crippen LogP contribution in [-0.2, 0) is 11.2 Å². The lowest BCUT2D eigenvalue weighted by molar-refractivity contribution is -0.111. The van der Waals surface area contributed by atoms with E-state index in [1.165, 1.54) is 24.6 Å². The SMILES string of the molecule is C=CC(=O)Nc1nc(C(=O)N2CC[C@@H](Cc3ncc(Cl)c(OC)n3)C2)cs1. The average Bonchev–Trinajstić information content (AvgIpc) is 3.32. The number of halogens is 1. The Morgan fingerprint density at radius 3 is 3.07 bits per heavy atom. The zero-order valence-electron chi connectivity index (χ0n) is 14.6. The maximum Gasteiger partial charge on any atom is 0.273 e. The molecule has 1 aliphatic rings. The standard InChI is InChI=1S/C17H18ClN5O3S/c1-3-14(24)22-17-20-12(9-27-17)16(25)23-5-4-10(8-23)6-13-19-7-11(18)15(21-13)26-2/h3,7,9-10H,1,4-6,8H2,2H3,(H,20,22,24)/t10-/m0/s1. The van der Waals surface area contributed by atoms with E-state index in [1.54, 1.807) is 10.3 Å². The van der Waals surface area contributed by atoms with E-state index < -0.39 is 0 Å². The van der Waals surface area contributed by atoms with Crippen LogP contribution in [-0.4, -0.2) is 51.9 Å². The summed E-state index contributed by atoms with van der Waals surface area (Å²) in [5.41, 5.74) is 0.324. The lowest BCUT2D eigenvalue weighted by Crippen LogP contribution is -2.29. The van der Waals surface area contributed by atoms with Crippen LogP contribution in [0, 0.1) is 5.92 Å². The number of nitrogens with zero attached hydrogens (tertiary/aromatic N) is 4. The van der Waals surface area contributed by atoms with Gasteiger partial charge in [-0.05, 0) is 18.4 Å². The summed E-state index contributed by atoms with van der Waals surface area (Å²) in [6.45, 7) is 4.62. The van der Waals surface area contributed by atoms with Crippen molar-refractivity contribution in [2.45, 2.75) is 12.8 Å². The maximum absolute atomic E-state index is 12.6. The minimum absolute atomic E-state index is 0.151. The molecular formula is C17H18ClN5O3S. The molecule has 0 unspecified atom stereocenters. The number of carbonyl (C=O) groups excluding carboxylic acids is 2. The number of thiazole rings is 1. The van der Waals surface area contributed by atoms with Crippen LogP contribution in [0.25, 0.3) is 0 Å². The van der Waals surface area contributed by atoms with Gasteiger partial charge in [0.25, 0.3) is 5.91 Å². The first kappa shape index (κ1) is 19.2. The molecule has 2 amide bonds. The molecule has 2 aromatic heterocycles. The molecule has 27 heavy (non-hydrogen) atoms. The molecule has 1 aliphatic heterocycles. The summed E-state index contributed by atoms with van der Waals surface area (Å²) in [5.74, 6) is 0.728. The summed E-state index contributed by atoms with van der Waals surface area (Å²) in [7, 11) is 1.51. The van der Waals surface area contributed by atoms with Gasteiger partial charge in [0.2, 0.25) is 11.8 Å². The van der Waals surface area contributed by atoms with E-state index in [-0.39, 0.29) is 17.7 Å². The van der Waals surface area contributed by atoms with E-state index in [1.807, 2.05) is 0 Å². The monoisotopic (exact) mass is 407 g/mol. The van der Waals surface area contributed by atoms with Gasteiger partial charge in [-0.3, -0.25) is 14.9 Å². The lowest BCUT2D eigenvalue weighted by atomic mass is 10.0. The van der Waals surface area contributed by atoms with E-state index >= 15 is 0 Å². The molecule has 0 aromatic carbocycles. The highest BCUT2D eigenvalue weighted by atomic mass is 35.5. The number of aromatic nitrogens is 3. The Bertz CT molecular complexity index is 872. The van der Waals surface area contributed by atoms with Gasteiger partial charge in [0.1, 0.15) is 16.5 Å². The van der Waals surface area contributed by atoms with Crippen molar-refractivity contribution in [1.82, 2.24) is 19.9 Å². The molecule has 0 bridgehead atoms. The van der Waals surface area contributed by atoms with Gasteiger partial charge in [-0.15, -0.1) is 11.3 Å². The van der Waals surface area contributed by atoms with Crippen molar-refractivity contribution in [3.05, 3.63) is 40.8 Å². The third kappa shape index (κ3) is 4.61. The molecule has 1 fully saturated rings. The average molecular weight is 408 g/mol. The van der Waals surface area contributed by atoms with Crippen LogP contribution in [0.4, 0.5) is 5.13 Å². The third-order valence-electron chi connectivity index (χ3n) is 4.14. The zero-order chi connectivity index (χ0) is 19.4. The molecule has 10 heteroatoms. The molecule has 0 aliphatic carbocycles. The van der Waals surface area contributed by atoms with Crippen LogP contribution in [0.15, 0.2) is 24.2 Å². The van der Waals surface area contributed by atoms with Crippen molar-refractivity contribution in [3.63, 3.8) is 0 Å². The van der Waals surface area contributed by atoms with Crippen molar-refractivity contribution in [2.24, 2.45) is 5.92 Å². The number of hydrogen-bond acceptors (Lipinski definition) is 7. The number of rotatable bonds is 6. The third-order valence-corrected chi connectivity index (χ3v) is 5.16. The molecule has 1 atom stereocenters. The number of nitrogens with one attached hydrogen (secondary N) is 1. The number of methoxy groups -OCH3 is 1. The largest absolute Gasteiger partial charge is 0.480 e. The molecule has 2 aromatic rings. The first-order valence-corrected chi connectivity index (χ1v) is 9.49. The number of anilines is 1. The van der Waals surface area contributed by atoms with Crippen LogP contribution in [0.1, 0.15) is 22.7 Å². The second-order valence-corrected chi connectivity index (χ2v) is 7.25. The molecular weight excluding hydrogens is 390 g/mol. The fraction of sp³-hybridized carbons (Fsp3) is 0.353. The zero-order valence-corrected chi connectivity index (χ0v) is 16.2. The van der Waals surface area contributed by atoms with Crippen molar-refractivity contribution >= 4 is 39.9 Å². The Balaban J connectivity index is 1.59. The second kappa shape index (κ2) is 8.45. The van der Waals surface area contributed by atoms with Crippen LogP contribution in [0.2, 0.25) is 5.02 Å². The number of ether oxygens (including phenoxy) is 1. The molecule has 8 nitrogen and oxygen atoms in total. The number of hydrogen-bond donors (Lipinski definition) is 1. The Labute approximate surface area is 165 Å². The van der Waals surface area contributed by atoms with Gasteiger partial charge in [-0.25, -0.2) is 9.97 Å². The summed E-state index contributed by atoms with van der Waals surface area (Å²) in [5, 5.41) is 4.94. The fourth-order valence-corrected chi connectivity index (χ4v) is 3.67. The second-order valence-electron chi connectivity index (χ2n) is 5.98. The minimum Gasteiger partial charge on any atom is -0.480 e. The van der Waals surface area contributed by atoms with E-state index in [4.69, 9.17) is 16.3 Å². The molecule has 0 radical (unpaired) electrons. The van der Waals surface area contributed by atoms with Crippen LogP contribution in [0.5, 0.6) is 5.88 Å². The molecule has 3 heterocycles. The Hall–Kier alpha value is -2.52. The first-order chi connectivity index (χ1) is 13.0. The van der Waals surface area contributed by atoms with E-state index in [0.29, 0.717) is 47.1 Å². The molecule has 1 saturated heterocycles. The van der Waals surface area contributed by atoms with Crippen LogP contribution in [0.3, 0.4) is 0 Å². The highest BCUT2D eigenvalue weighted by Gasteiger charge is 2.29. The number of likely N-dealkylation sites (tertiary alicyclic amines) is 1. The maximum atomic E-state index is 12.6. The Morgan fingerprint density at radius 1 is 1.52 bits per heavy atom. The van der Waals surface area contributed by atoms with Crippen LogP contribution < -0.4 is 10.1 Å². The van der Waals surface area contributed by atoms with Gasteiger partial charge < -0.3 is 9.64 Å². The Kier molecular flexibility index (Phi) is 6.02. The molecule has 3 rings (SSSR count). The molecule has 1 N–H and O–H groups in total. The summed E-state index contributed by atoms with van der Waals surface area (Å²) in [6.07, 6.45) is 4.16. The van der Waals surface area contributed by atoms with E-state index in [0.717, 1.165) is 12.5 Å². The van der Waals surface area contributed by atoms with Crippen LogP contribution >= 0.6 is 22.9 Å². The van der Waals surface area contributed by atoms with E-state index in [9.17, 15) is 9.59 Å². The molecule has 0 saturated carbocycles. The van der Waals surface area contributed by atoms with E-state index in [2.05, 4.69) is 26.8 Å². The van der Waals surface area contributed by atoms with Gasteiger partial charge in [0, 0.05) is 24.9 Å². The predicted octanol–water partition coefficient (Wildman–Crippen LogP) is 2.42. The van der Waals surface area contributed by atoms with Gasteiger partial charge in [0.05, 0.1) is 13.3 Å².